The van der Waals surface area contributed by atoms with Gasteiger partial charge in [0.1, 0.15) is 0 Å². The fourth-order valence-electron chi connectivity index (χ4n) is 8.85. The van der Waals surface area contributed by atoms with Gasteiger partial charge < -0.3 is 9.47 Å². The molecular formula is C56H38N2. The van der Waals surface area contributed by atoms with E-state index in [0.29, 0.717) is 0 Å². The van der Waals surface area contributed by atoms with Crippen LogP contribution in [0, 0.1) is 0 Å². The molecule has 0 fully saturated rings. The van der Waals surface area contributed by atoms with E-state index in [9.17, 15) is 0 Å². The number of fused-ring (bicyclic) bond motifs is 5. The first-order valence-corrected chi connectivity index (χ1v) is 19.9. The molecule has 0 aliphatic carbocycles. The number of hydrogen-bond acceptors (Lipinski definition) is 1. The van der Waals surface area contributed by atoms with Crippen molar-refractivity contribution in [2.24, 2.45) is 0 Å². The van der Waals surface area contributed by atoms with E-state index in [1.165, 1.54) is 71.2 Å². The second kappa shape index (κ2) is 14.1. The summed E-state index contributed by atoms with van der Waals surface area (Å²) < 4.78 is 2.45. The highest BCUT2D eigenvalue weighted by Crippen LogP contribution is 2.44. The molecule has 0 N–H and O–H groups in total. The maximum absolute atomic E-state index is 2.45. The van der Waals surface area contributed by atoms with Crippen LogP contribution >= 0.6 is 0 Å². The van der Waals surface area contributed by atoms with Crippen LogP contribution in [0.15, 0.2) is 231 Å². The first kappa shape index (κ1) is 33.6. The third-order valence-corrected chi connectivity index (χ3v) is 11.6. The molecule has 2 nitrogen and oxygen atoms in total. The molecule has 0 atom stereocenters. The summed E-state index contributed by atoms with van der Waals surface area (Å²) in [5.74, 6) is 0. The van der Waals surface area contributed by atoms with Gasteiger partial charge in [-0.15, -0.1) is 0 Å². The van der Waals surface area contributed by atoms with Gasteiger partial charge >= 0.3 is 0 Å². The largest absolute Gasteiger partial charge is 0.310 e. The predicted molar refractivity (Wildman–Crippen MR) is 247 cm³/mol. The Labute approximate surface area is 338 Å². The molecule has 1 heterocycles. The zero-order valence-corrected chi connectivity index (χ0v) is 31.8. The third kappa shape index (κ3) is 5.74. The van der Waals surface area contributed by atoms with Crippen molar-refractivity contribution in [3.8, 4) is 39.1 Å². The summed E-state index contributed by atoms with van der Waals surface area (Å²) in [6.45, 7) is 0. The Kier molecular flexibility index (Phi) is 8.19. The minimum absolute atomic E-state index is 1.10. The summed E-state index contributed by atoms with van der Waals surface area (Å²) in [4.78, 5) is 2.39. The summed E-state index contributed by atoms with van der Waals surface area (Å²) in [5, 5.41) is 7.38. The van der Waals surface area contributed by atoms with Gasteiger partial charge in [0.2, 0.25) is 0 Å². The minimum Gasteiger partial charge on any atom is -0.310 e. The Morgan fingerprint density at radius 1 is 0.310 bits per heavy atom. The molecule has 0 saturated heterocycles. The Hall–Kier alpha value is -7.68. The lowest BCUT2D eigenvalue weighted by molar-refractivity contribution is 1.18. The number of para-hydroxylation sites is 2. The molecule has 2 heteroatoms. The summed E-state index contributed by atoms with van der Waals surface area (Å²) in [7, 11) is 0. The number of rotatable bonds is 7. The van der Waals surface area contributed by atoms with Crippen LogP contribution in [0.25, 0.3) is 82.4 Å². The van der Waals surface area contributed by atoms with Gasteiger partial charge in [-0.3, -0.25) is 0 Å². The van der Waals surface area contributed by atoms with Gasteiger partial charge in [0.25, 0.3) is 0 Å². The van der Waals surface area contributed by atoms with Crippen molar-refractivity contribution in [1.82, 2.24) is 4.57 Å². The van der Waals surface area contributed by atoms with Crippen molar-refractivity contribution in [2.45, 2.75) is 0 Å². The molecule has 0 aliphatic rings. The van der Waals surface area contributed by atoms with E-state index in [2.05, 4.69) is 240 Å². The van der Waals surface area contributed by atoms with E-state index < -0.39 is 0 Å². The molecule has 272 valence electrons. The summed E-state index contributed by atoms with van der Waals surface area (Å²) in [5.41, 5.74) is 14.0. The number of benzene rings is 10. The van der Waals surface area contributed by atoms with Crippen LogP contribution in [0.5, 0.6) is 0 Å². The third-order valence-electron chi connectivity index (χ3n) is 11.6. The van der Waals surface area contributed by atoms with E-state index in [4.69, 9.17) is 0 Å². The number of anilines is 3. The fraction of sp³-hybridized carbons (Fsp3) is 0. The van der Waals surface area contributed by atoms with Crippen molar-refractivity contribution in [3.05, 3.63) is 231 Å². The van der Waals surface area contributed by atoms with E-state index in [1.807, 2.05) is 0 Å². The Morgan fingerprint density at radius 2 is 0.828 bits per heavy atom. The highest BCUT2D eigenvalue weighted by molar-refractivity contribution is 6.10. The molecular weight excluding hydrogens is 701 g/mol. The minimum atomic E-state index is 1.10. The maximum Gasteiger partial charge on any atom is 0.0546 e. The molecule has 10 aromatic carbocycles. The highest BCUT2D eigenvalue weighted by Gasteiger charge is 2.20. The van der Waals surface area contributed by atoms with Gasteiger partial charge in [-0.2, -0.15) is 0 Å². The van der Waals surface area contributed by atoms with Crippen LogP contribution in [0.2, 0.25) is 0 Å². The summed E-state index contributed by atoms with van der Waals surface area (Å²) in [6, 6.07) is 83.7. The monoisotopic (exact) mass is 738 g/mol. The van der Waals surface area contributed by atoms with Crippen LogP contribution in [0.4, 0.5) is 17.1 Å². The summed E-state index contributed by atoms with van der Waals surface area (Å²) in [6.07, 6.45) is 0. The molecule has 11 rings (SSSR count). The van der Waals surface area contributed by atoms with Gasteiger partial charge in [-0.1, -0.05) is 176 Å². The van der Waals surface area contributed by atoms with Gasteiger partial charge in [0, 0.05) is 33.1 Å². The van der Waals surface area contributed by atoms with Crippen molar-refractivity contribution in [3.63, 3.8) is 0 Å². The van der Waals surface area contributed by atoms with Crippen LogP contribution in [0.3, 0.4) is 0 Å². The summed E-state index contributed by atoms with van der Waals surface area (Å²) >= 11 is 0. The number of aromatic nitrogens is 1. The molecule has 11 aromatic rings. The SMILES string of the molecule is c1ccc(-c2ccc(N(c3ccc(-c4cccc(-n5c6ccccc6c6ccccc65)c4-c4ccc5ccccc5c4)cc3)c3cccc4ccccc34)cc2)cc1. The Bertz CT molecular complexity index is 3210. The fourth-order valence-corrected chi connectivity index (χ4v) is 8.85. The molecule has 0 bridgehead atoms. The van der Waals surface area contributed by atoms with Crippen molar-refractivity contribution in [1.29, 1.82) is 0 Å². The van der Waals surface area contributed by atoms with Crippen LogP contribution < -0.4 is 4.90 Å². The molecule has 58 heavy (non-hydrogen) atoms. The normalized spacial score (nSPS) is 11.4. The lowest BCUT2D eigenvalue weighted by atomic mass is 9.91. The van der Waals surface area contributed by atoms with E-state index in [1.54, 1.807) is 0 Å². The topological polar surface area (TPSA) is 8.17 Å². The Morgan fingerprint density at radius 3 is 1.53 bits per heavy atom. The first-order valence-electron chi connectivity index (χ1n) is 19.9. The van der Waals surface area contributed by atoms with Crippen LogP contribution in [0.1, 0.15) is 0 Å². The quantitative estimate of drug-likeness (QED) is 0.158. The number of hydrogen-bond donors (Lipinski definition) is 0. The molecule has 0 unspecified atom stereocenters. The molecule has 0 saturated carbocycles. The second-order valence-corrected chi connectivity index (χ2v) is 14.9. The second-order valence-electron chi connectivity index (χ2n) is 14.9. The Balaban J connectivity index is 1.10. The van der Waals surface area contributed by atoms with Crippen molar-refractivity contribution < 1.29 is 0 Å². The van der Waals surface area contributed by atoms with Crippen molar-refractivity contribution >= 4 is 60.4 Å². The van der Waals surface area contributed by atoms with E-state index in [-0.39, 0.29) is 0 Å². The van der Waals surface area contributed by atoms with Gasteiger partial charge in [-0.25, -0.2) is 0 Å². The van der Waals surface area contributed by atoms with Crippen LogP contribution in [-0.4, -0.2) is 4.57 Å². The standard InChI is InChI=1S/C56H38N2/c1-2-14-39(15-3-1)41-30-34-46(35-31-41)57(52-26-12-19-42-17-6-7-20-48(42)52)47-36-32-43(33-37-47)49-23-13-27-55(56(49)45-29-28-40-16-4-5-18-44(40)38-45)58-53-24-10-8-21-50(53)51-22-9-11-25-54(51)58/h1-38H. The first-order chi connectivity index (χ1) is 28.8. The molecule has 0 spiro atoms. The van der Waals surface area contributed by atoms with Gasteiger partial charge in [-0.05, 0) is 98.6 Å². The lowest BCUT2D eigenvalue weighted by Crippen LogP contribution is -2.10. The predicted octanol–water partition coefficient (Wildman–Crippen LogP) is 15.6. The molecule has 0 radical (unpaired) electrons. The van der Waals surface area contributed by atoms with Crippen LogP contribution in [-0.2, 0) is 0 Å². The van der Waals surface area contributed by atoms with Gasteiger partial charge in [0.05, 0.1) is 22.4 Å². The van der Waals surface area contributed by atoms with Gasteiger partial charge in [0.15, 0.2) is 0 Å². The number of nitrogens with zero attached hydrogens (tertiary/aromatic N) is 2. The molecule has 0 amide bonds. The maximum atomic E-state index is 2.45. The molecule has 0 aliphatic heterocycles. The highest BCUT2D eigenvalue weighted by atomic mass is 15.1. The average molecular weight is 739 g/mol. The average Bonchev–Trinajstić information content (AvgIpc) is 3.64. The lowest BCUT2D eigenvalue weighted by Gasteiger charge is -2.27. The van der Waals surface area contributed by atoms with E-state index in [0.717, 1.165) is 28.3 Å². The zero-order chi connectivity index (χ0) is 38.4. The van der Waals surface area contributed by atoms with Crippen molar-refractivity contribution in [2.75, 3.05) is 4.90 Å². The zero-order valence-electron chi connectivity index (χ0n) is 31.8. The van der Waals surface area contributed by atoms with E-state index >= 15 is 0 Å². The molecule has 1 aromatic heterocycles. The smallest absolute Gasteiger partial charge is 0.0546 e.